The second kappa shape index (κ2) is 9.78. The van der Waals surface area contributed by atoms with Crippen molar-refractivity contribution in [2.75, 3.05) is 6.61 Å². The normalized spacial score (nSPS) is 12.0. The van der Waals surface area contributed by atoms with E-state index in [1.165, 1.54) is 17.3 Å². The summed E-state index contributed by atoms with van der Waals surface area (Å²) in [7, 11) is 0. The van der Waals surface area contributed by atoms with Crippen LogP contribution in [0.4, 0.5) is 0 Å². The Morgan fingerprint density at radius 3 is 2.71 bits per heavy atom. The minimum Gasteiger partial charge on any atom is -0.493 e. The van der Waals surface area contributed by atoms with Gasteiger partial charge in [0, 0.05) is 5.75 Å². The number of rotatable bonds is 7. The average molecular weight is 341 g/mol. The number of nitrogens with zero attached hydrogens (tertiary/aromatic N) is 2. The third-order valence-corrected chi connectivity index (χ3v) is 3.89. The summed E-state index contributed by atoms with van der Waals surface area (Å²) in [6, 6.07) is 17.9. The molecule has 0 aromatic heterocycles. The molecule has 5 heteroatoms. The fourth-order valence-corrected chi connectivity index (χ4v) is 2.47. The quantitative estimate of drug-likeness (QED) is 0.464. The molecule has 0 radical (unpaired) electrons. The summed E-state index contributed by atoms with van der Waals surface area (Å²) in [5.74, 6) is 2.11. The minimum atomic E-state index is 0.447. The van der Waals surface area contributed by atoms with E-state index in [0.717, 1.165) is 17.1 Å². The molecular formula is C19H23N3OS. The zero-order valence-electron chi connectivity index (χ0n) is 14.1. The summed E-state index contributed by atoms with van der Waals surface area (Å²) >= 11 is 1.47. The minimum absolute atomic E-state index is 0.447. The van der Waals surface area contributed by atoms with Crippen molar-refractivity contribution in [3.05, 3.63) is 65.7 Å². The Bertz CT molecular complexity index is 684. The first kappa shape index (κ1) is 18.1. The molecule has 2 aromatic rings. The van der Waals surface area contributed by atoms with Crippen molar-refractivity contribution in [2.24, 2.45) is 21.9 Å². The van der Waals surface area contributed by atoms with E-state index in [2.05, 4.69) is 36.2 Å². The van der Waals surface area contributed by atoms with E-state index in [-0.39, 0.29) is 0 Å². The first-order chi connectivity index (χ1) is 11.6. The van der Waals surface area contributed by atoms with E-state index < -0.39 is 0 Å². The molecule has 0 unspecified atom stereocenters. The molecule has 2 rings (SSSR count). The second-order valence-corrected chi connectivity index (χ2v) is 6.73. The molecule has 2 N–H and O–H groups in total. The Balaban J connectivity index is 1.86. The van der Waals surface area contributed by atoms with E-state index in [0.29, 0.717) is 17.7 Å². The molecule has 0 saturated heterocycles. The Kier molecular flexibility index (Phi) is 7.36. The van der Waals surface area contributed by atoms with Crippen LogP contribution in [0.5, 0.6) is 5.75 Å². The first-order valence-electron chi connectivity index (χ1n) is 7.89. The fourth-order valence-electron chi connectivity index (χ4n) is 1.86. The van der Waals surface area contributed by atoms with Crippen molar-refractivity contribution in [3.8, 4) is 5.75 Å². The highest BCUT2D eigenvalue weighted by molar-refractivity contribution is 8.13. The second-order valence-electron chi connectivity index (χ2n) is 5.73. The van der Waals surface area contributed by atoms with E-state index in [4.69, 9.17) is 10.5 Å². The third kappa shape index (κ3) is 6.87. The number of amidine groups is 1. The predicted octanol–water partition coefficient (Wildman–Crippen LogP) is 4.30. The van der Waals surface area contributed by atoms with Crippen LogP contribution >= 0.6 is 11.8 Å². The number of hydrogen-bond donors (Lipinski definition) is 1. The van der Waals surface area contributed by atoms with Crippen LogP contribution in [0.3, 0.4) is 0 Å². The van der Waals surface area contributed by atoms with E-state index >= 15 is 0 Å². The summed E-state index contributed by atoms with van der Waals surface area (Å²) in [5.41, 5.74) is 8.01. The van der Waals surface area contributed by atoms with Gasteiger partial charge >= 0.3 is 0 Å². The van der Waals surface area contributed by atoms with Gasteiger partial charge in [0.1, 0.15) is 5.75 Å². The standard InChI is InChI=1S/C19H23N3OS/c1-15(2)13-23-18-10-6-9-17(11-18)12-21-22-19(20)24-14-16-7-4-3-5-8-16/h3-12,15H,13-14H2,1-2H3,(H2,20,22). The molecule has 0 heterocycles. The van der Waals surface area contributed by atoms with Gasteiger partial charge in [0.05, 0.1) is 12.8 Å². The smallest absolute Gasteiger partial charge is 0.180 e. The van der Waals surface area contributed by atoms with Gasteiger partial charge in [0.25, 0.3) is 0 Å². The van der Waals surface area contributed by atoms with Gasteiger partial charge in [-0.3, -0.25) is 0 Å². The highest BCUT2D eigenvalue weighted by Gasteiger charge is 1.98. The fraction of sp³-hybridized carbons (Fsp3) is 0.263. The van der Waals surface area contributed by atoms with Crippen LogP contribution in [-0.2, 0) is 5.75 Å². The van der Waals surface area contributed by atoms with Gasteiger partial charge in [0.15, 0.2) is 5.17 Å². The van der Waals surface area contributed by atoms with E-state index in [1.807, 2.05) is 42.5 Å². The topological polar surface area (TPSA) is 60.0 Å². The lowest BCUT2D eigenvalue weighted by molar-refractivity contribution is 0.271. The lowest BCUT2D eigenvalue weighted by Crippen LogP contribution is -2.06. The molecule has 24 heavy (non-hydrogen) atoms. The Labute approximate surface area is 147 Å². The lowest BCUT2D eigenvalue weighted by atomic mass is 10.2. The van der Waals surface area contributed by atoms with Gasteiger partial charge in [-0.1, -0.05) is 68.1 Å². The Hall–Kier alpha value is -2.27. The van der Waals surface area contributed by atoms with Crippen molar-refractivity contribution < 1.29 is 4.74 Å². The SMILES string of the molecule is CC(C)COc1cccc(C=NN=C(N)SCc2ccccc2)c1. The molecular weight excluding hydrogens is 318 g/mol. The van der Waals surface area contributed by atoms with Crippen LogP contribution in [0, 0.1) is 5.92 Å². The number of benzene rings is 2. The summed E-state index contributed by atoms with van der Waals surface area (Å²) < 4.78 is 5.70. The van der Waals surface area contributed by atoms with Crippen LogP contribution < -0.4 is 10.5 Å². The summed E-state index contributed by atoms with van der Waals surface area (Å²) in [4.78, 5) is 0. The summed E-state index contributed by atoms with van der Waals surface area (Å²) in [6.45, 7) is 4.94. The van der Waals surface area contributed by atoms with Gasteiger partial charge in [-0.25, -0.2) is 0 Å². The maximum absolute atomic E-state index is 5.87. The molecule has 0 aliphatic heterocycles. The summed E-state index contributed by atoms with van der Waals surface area (Å²) in [6.07, 6.45) is 1.68. The van der Waals surface area contributed by atoms with Crippen molar-refractivity contribution in [1.82, 2.24) is 0 Å². The largest absolute Gasteiger partial charge is 0.493 e. The van der Waals surface area contributed by atoms with Gasteiger partial charge in [0.2, 0.25) is 0 Å². The molecule has 0 saturated carbocycles. The molecule has 0 atom stereocenters. The van der Waals surface area contributed by atoms with Crippen LogP contribution in [-0.4, -0.2) is 18.0 Å². The molecule has 2 aromatic carbocycles. The van der Waals surface area contributed by atoms with Crippen molar-refractivity contribution in [3.63, 3.8) is 0 Å². The number of thioether (sulfide) groups is 1. The van der Waals surface area contributed by atoms with Gasteiger partial charge in [-0.15, -0.1) is 5.10 Å². The van der Waals surface area contributed by atoms with Crippen LogP contribution in [0.25, 0.3) is 0 Å². The van der Waals surface area contributed by atoms with Gasteiger partial charge < -0.3 is 10.5 Å². The monoisotopic (exact) mass is 341 g/mol. The zero-order valence-corrected chi connectivity index (χ0v) is 14.9. The predicted molar refractivity (Wildman–Crippen MR) is 104 cm³/mol. The van der Waals surface area contributed by atoms with Crippen molar-refractivity contribution in [2.45, 2.75) is 19.6 Å². The van der Waals surface area contributed by atoms with Crippen LogP contribution in [0.1, 0.15) is 25.0 Å². The molecule has 0 aliphatic rings. The zero-order chi connectivity index (χ0) is 17.2. The summed E-state index contributed by atoms with van der Waals surface area (Å²) in [5, 5.41) is 8.52. The molecule has 126 valence electrons. The van der Waals surface area contributed by atoms with Crippen molar-refractivity contribution in [1.29, 1.82) is 0 Å². The average Bonchev–Trinajstić information content (AvgIpc) is 2.59. The number of ether oxygens (including phenoxy) is 1. The molecule has 0 spiro atoms. The lowest BCUT2D eigenvalue weighted by Gasteiger charge is -2.08. The van der Waals surface area contributed by atoms with Crippen LogP contribution in [0.15, 0.2) is 64.8 Å². The molecule has 0 bridgehead atoms. The number of hydrogen-bond acceptors (Lipinski definition) is 4. The van der Waals surface area contributed by atoms with E-state index in [1.54, 1.807) is 6.21 Å². The molecule has 0 amide bonds. The number of nitrogens with two attached hydrogens (primary N) is 1. The Morgan fingerprint density at radius 1 is 1.17 bits per heavy atom. The molecule has 0 fully saturated rings. The maximum Gasteiger partial charge on any atom is 0.180 e. The van der Waals surface area contributed by atoms with Gasteiger partial charge in [-0.2, -0.15) is 5.10 Å². The highest BCUT2D eigenvalue weighted by atomic mass is 32.2. The van der Waals surface area contributed by atoms with Crippen LogP contribution in [0.2, 0.25) is 0 Å². The maximum atomic E-state index is 5.87. The Morgan fingerprint density at radius 2 is 1.96 bits per heavy atom. The first-order valence-corrected chi connectivity index (χ1v) is 8.88. The highest BCUT2D eigenvalue weighted by Crippen LogP contribution is 2.14. The molecule has 4 nitrogen and oxygen atoms in total. The van der Waals surface area contributed by atoms with E-state index in [9.17, 15) is 0 Å². The molecule has 0 aliphatic carbocycles. The van der Waals surface area contributed by atoms with Crippen molar-refractivity contribution >= 4 is 23.1 Å². The van der Waals surface area contributed by atoms with Gasteiger partial charge in [-0.05, 0) is 29.2 Å². The third-order valence-electron chi connectivity index (χ3n) is 3.03.